The number of rotatable bonds is 5. The molecule has 1 atom stereocenters. The van der Waals surface area contributed by atoms with Crippen molar-refractivity contribution in [1.82, 2.24) is 9.62 Å². The maximum atomic E-state index is 13.9. The molecular formula is C13H20ClFN2O4S2. The van der Waals surface area contributed by atoms with Crippen molar-refractivity contribution in [2.75, 3.05) is 32.9 Å². The molecule has 6 nitrogen and oxygen atoms in total. The quantitative estimate of drug-likeness (QED) is 0.812. The molecule has 132 valence electrons. The van der Waals surface area contributed by atoms with Crippen LogP contribution in [0.2, 0.25) is 0 Å². The molecule has 1 aromatic carbocycles. The summed E-state index contributed by atoms with van der Waals surface area (Å²) in [4.78, 5) is -0.719. The molecule has 1 heterocycles. The van der Waals surface area contributed by atoms with E-state index in [-0.39, 0.29) is 23.2 Å². The number of hydrogen-bond acceptors (Lipinski definition) is 5. The van der Waals surface area contributed by atoms with Crippen LogP contribution in [0.4, 0.5) is 4.39 Å². The Labute approximate surface area is 142 Å². The van der Waals surface area contributed by atoms with E-state index in [0.717, 1.165) is 30.9 Å². The minimum Gasteiger partial charge on any atom is -0.319 e. The Bertz CT molecular complexity index is 768. The van der Waals surface area contributed by atoms with E-state index < -0.39 is 30.6 Å². The molecule has 0 amide bonds. The summed E-state index contributed by atoms with van der Waals surface area (Å²) in [5, 5.41) is 3.01. The van der Waals surface area contributed by atoms with E-state index in [1.165, 1.54) is 4.31 Å². The molecule has 1 saturated heterocycles. The molecule has 1 aliphatic rings. The molecule has 0 aliphatic carbocycles. The number of benzene rings is 1. The summed E-state index contributed by atoms with van der Waals surface area (Å²) in [6.45, 7) is 1.47. The van der Waals surface area contributed by atoms with E-state index >= 15 is 0 Å². The first-order valence-electron chi connectivity index (χ1n) is 6.80. The third kappa shape index (κ3) is 4.42. The van der Waals surface area contributed by atoms with Crippen molar-refractivity contribution in [3.8, 4) is 0 Å². The highest BCUT2D eigenvalue weighted by atomic mass is 35.5. The first-order chi connectivity index (χ1) is 10.2. The summed E-state index contributed by atoms with van der Waals surface area (Å²) in [5.74, 6) is -0.825. The van der Waals surface area contributed by atoms with Crippen molar-refractivity contribution in [1.29, 1.82) is 0 Å². The molecule has 1 unspecified atom stereocenters. The van der Waals surface area contributed by atoms with Crippen LogP contribution in [0, 0.1) is 11.7 Å². The first-order valence-corrected chi connectivity index (χ1v) is 10.1. The van der Waals surface area contributed by atoms with Crippen LogP contribution < -0.4 is 5.32 Å². The fourth-order valence-electron chi connectivity index (χ4n) is 2.56. The van der Waals surface area contributed by atoms with Crippen LogP contribution in [0.25, 0.3) is 0 Å². The van der Waals surface area contributed by atoms with Crippen molar-refractivity contribution in [3.63, 3.8) is 0 Å². The molecule has 1 aliphatic heterocycles. The van der Waals surface area contributed by atoms with Gasteiger partial charge in [-0.3, -0.25) is 0 Å². The monoisotopic (exact) mass is 386 g/mol. The largest absolute Gasteiger partial charge is 0.319 e. The Kier molecular flexibility index (Phi) is 6.56. The highest BCUT2D eigenvalue weighted by molar-refractivity contribution is 7.90. The van der Waals surface area contributed by atoms with Gasteiger partial charge in [-0.15, -0.1) is 12.4 Å². The summed E-state index contributed by atoms with van der Waals surface area (Å²) in [5.41, 5.74) is 0. The molecule has 1 aromatic rings. The maximum Gasteiger partial charge on any atom is 0.243 e. The lowest BCUT2D eigenvalue weighted by atomic mass is 10.1. The second-order valence-electron chi connectivity index (χ2n) is 5.44. The summed E-state index contributed by atoms with van der Waals surface area (Å²) in [7, 11) is -5.72. The lowest BCUT2D eigenvalue weighted by Crippen LogP contribution is -2.30. The predicted octanol–water partition coefficient (Wildman–Crippen LogP) is 0.881. The highest BCUT2D eigenvalue weighted by Gasteiger charge is 2.32. The minimum atomic E-state index is -3.80. The molecule has 1 fully saturated rings. The van der Waals surface area contributed by atoms with Crippen LogP contribution in [-0.2, 0) is 19.9 Å². The van der Waals surface area contributed by atoms with Crippen LogP contribution in [0.15, 0.2) is 28.0 Å². The average Bonchev–Trinajstić information content (AvgIpc) is 2.87. The van der Waals surface area contributed by atoms with Gasteiger partial charge in [-0.2, -0.15) is 4.31 Å². The number of sulfonamides is 1. The van der Waals surface area contributed by atoms with Gasteiger partial charge in [0.2, 0.25) is 10.0 Å². The van der Waals surface area contributed by atoms with E-state index in [0.29, 0.717) is 19.6 Å². The van der Waals surface area contributed by atoms with E-state index in [1.54, 1.807) is 7.05 Å². The summed E-state index contributed by atoms with van der Waals surface area (Å²) in [6, 6.07) is 2.91. The number of nitrogens with zero attached hydrogens (tertiary/aromatic N) is 1. The second kappa shape index (κ2) is 7.43. The van der Waals surface area contributed by atoms with Crippen LogP contribution in [0.3, 0.4) is 0 Å². The van der Waals surface area contributed by atoms with Crippen molar-refractivity contribution < 1.29 is 21.2 Å². The topological polar surface area (TPSA) is 83.6 Å². The van der Waals surface area contributed by atoms with E-state index in [1.807, 2.05) is 0 Å². The summed E-state index contributed by atoms with van der Waals surface area (Å²) in [6.07, 6.45) is 1.62. The van der Waals surface area contributed by atoms with Gasteiger partial charge in [0.1, 0.15) is 10.7 Å². The number of nitrogens with one attached hydrogen (secondary N) is 1. The standard InChI is InChI=1S/C13H19FN2O4S2.ClH/c1-15-8-10-5-6-16(9-10)22(19,20)11-3-4-13(12(14)7-11)21(2,17)18;/h3-4,7,10,15H,5-6,8-9H2,1-2H3;1H. The normalized spacial score (nSPS) is 19.5. The van der Waals surface area contributed by atoms with Crippen LogP contribution in [0.1, 0.15) is 6.42 Å². The third-order valence-electron chi connectivity index (χ3n) is 3.68. The number of hydrogen-bond donors (Lipinski definition) is 1. The molecule has 0 bridgehead atoms. The fraction of sp³-hybridized carbons (Fsp3) is 0.538. The van der Waals surface area contributed by atoms with Crippen LogP contribution >= 0.6 is 12.4 Å². The SMILES string of the molecule is CNCC1CCN(S(=O)(=O)c2ccc(S(C)(=O)=O)c(F)c2)C1.Cl. The van der Waals surface area contributed by atoms with Gasteiger partial charge in [-0.25, -0.2) is 21.2 Å². The summed E-state index contributed by atoms with van der Waals surface area (Å²) < 4.78 is 62.9. The van der Waals surface area contributed by atoms with Crippen LogP contribution in [0.5, 0.6) is 0 Å². The van der Waals surface area contributed by atoms with Gasteiger partial charge in [0.25, 0.3) is 0 Å². The van der Waals surface area contributed by atoms with Gasteiger partial charge in [-0.05, 0) is 44.1 Å². The molecule has 0 aromatic heterocycles. The molecule has 0 radical (unpaired) electrons. The Morgan fingerprint density at radius 1 is 1.30 bits per heavy atom. The van der Waals surface area contributed by atoms with E-state index in [9.17, 15) is 21.2 Å². The lowest BCUT2D eigenvalue weighted by Gasteiger charge is -2.17. The molecule has 0 saturated carbocycles. The molecule has 23 heavy (non-hydrogen) atoms. The third-order valence-corrected chi connectivity index (χ3v) is 6.67. The number of sulfone groups is 1. The predicted molar refractivity (Wildman–Crippen MR) is 87.6 cm³/mol. The van der Waals surface area contributed by atoms with Gasteiger partial charge in [0.15, 0.2) is 9.84 Å². The Morgan fingerprint density at radius 2 is 1.96 bits per heavy atom. The molecule has 1 N–H and O–H groups in total. The zero-order valence-corrected chi connectivity index (χ0v) is 15.3. The van der Waals surface area contributed by atoms with Gasteiger partial charge in [0.05, 0.1) is 4.90 Å². The van der Waals surface area contributed by atoms with Gasteiger partial charge in [0, 0.05) is 19.3 Å². The zero-order chi connectivity index (χ0) is 16.5. The van der Waals surface area contributed by atoms with E-state index in [4.69, 9.17) is 0 Å². The number of halogens is 2. The highest BCUT2D eigenvalue weighted by Crippen LogP contribution is 2.26. The van der Waals surface area contributed by atoms with Crippen LogP contribution in [-0.4, -0.2) is 54.1 Å². The second-order valence-corrected chi connectivity index (χ2v) is 9.36. The van der Waals surface area contributed by atoms with Gasteiger partial charge >= 0.3 is 0 Å². The Hall–Kier alpha value is -0.740. The smallest absolute Gasteiger partial charge is 0.243 e. The Balaban J connectivity index is 0.00000264. The Morgan fingerprint density at radius 3 is 2.48 bits per heavy atom. The molecule has 10 heteroatoms. The molecular weight excluding hydrogens is 367 g/mol. The molecule has 0 spiro atoms. The lowest BCUT2D eigenvalue weighted by molar-refractivity contribution is 0.450. The van der Waals surface area contributed by atoms with Crippen molar-refractivity contribution >= 4 is 32.3 Å². The maximum absolute atomic E-state index is 13.9. The van der Waals surface area contributed by atoms with Crippen molar-refractivity contribution in [2.45, 2.75) is 16.2 Å². The summed E-state index contributed by atoms with van der Waals surface area (Å²) >= 11 is 0. The fourth-order valence-corrected chi connectivity index (χ4v) is 4.83. The average molecular weight is 387 g/mol. The van der Waals surface area contributed by atoms with E-state index in [2.05, 4.69) is 5.32 Å². The zero-order valence-electron chi connectivity index (χ0n) is 12.8. The van der Waals surface area contributed by atoms with Gasteiger partial charge < -0.3 is 5.32 Å². The van der Waals surface area contributed by atoms with Crippen molar-refractivity contribution in [2.24, 2.45) is 5.92 Å². The van der Waals surface area contributed by atoms with Crippen molar-refractivity contribution in [3.05, 3.63) is 24.0 Å². The minimum absolute atomic E-state index is 0. The molecule has 2 rings (SSSR count). The first kappa shape index (κ1) is 20.3. The van der Waals surface area contributed by atoms with Gasteiger partial charge in [-0.1, -0.05) is 0 Å².